The minimum Gasteiger partial charge on any atom is -0.302 e. The second-order valence-corrected chi connectivity index (χ2v) is 4.79. The van der Waals surface area contributed by atoms with Gasteiger partial charge in [0, 0.05) is 25.5 Å². The molecule has 3 heteroatoms. The summed E-state index contributed by atoms with van der Waals surface area (Å²) in [7, 11) is 4.21. The number of likely N-dealkylation sites (N-methyl/N-ethyl adjacent to an activating group) is 1. The molecule has 1 aromatic heterocycles. The molecule has 0 atom stereocenters. The average molecular weight is 215 g/mol. The van der Waals surface area contributed by atoms with Gasteiger partial charge in [-0.25, -0.2) is 0 Å². The maximum atomic E-state index is 4.52. The largest absolute Gasteiger partial charge is 0.302 e. The summed E-state index contributed by atoms with van der Waals surface area (Å²) >= 11 is 0. The summed E-state index contributed by atoms with van der Waals surface area (Å²) in [5.74, 6) is 0. The Morgan fingerprint density at radius 2 is 2.06 bits per heavy atom. The molecule has 3 nitrogen and oxygen atoms in total. The first-order valence-electron chi connectivity index (χ1n) is 5.79. The fourth-order valence-electron chi connectivity index (χ4n) is 2.79. The van der Waals surface area contributed by atoms with Crippen LogP contribution in [0.1, 0.15) is 16.8 Å². The lowest BCUT2D eigenvalue weighted by molar-refractivity contribution is 0.314. The molecule has 1 aromatic carbocycles. The molecular formula is C13H17N3. The van der Waals surface area contributed by atoms with Crippen LogP contribution >= 0.6 is 0 Å². The Hall–Kier alpha value is -1.35. The highest BCUT2D eigenvalue weighted by Crippen LogP contribution is 2.28. The number of benzene rings is 1. The summed E-state index contributed by atoms with van der Waals surface area (Å²) in [6, 6.07) is 4.46. The van der Waals surface area contributed by atoms with Crippen molar-refractivity contribution >= 4 is 10.9 Å². The van der Waals surface area contributed by atoms with Gasteiger partial charge in [-0.15, -0.1) is 0 Å². The zero-order valence-corrected chi connectivity index (χ0v) is 10.1. The first kappa shape index (κ1) is 9.85. The molecule has 84 valence electrons. The molecule has 3 rings (SSSR count). The van der Waals surface area contributed by atoms with Gasteiger partial charge in [0.15, 0.2) is 0 Å². The summed E-state index contributed by atoms with van der Waals surface area (Å²) in [4.78, 5) is 2.37. The van der Waals surface area contributed by atoms with Crippen LogP contribution in [0.4, 0.5) is 0 Å². The van der Waals surface area contributed by atoms with E-state index in [4.69, 9.17) is 0 Å². The van der Waals surface area contributed by atoms with Crippen LogP contribution in [-0.4, -0.2) is 28.3 Å². The SMILES string of the molecule is Cc1nn(C)c2ccc3c(c12)CCN(C)C3. The minimum absolute atomic E-state index is 1.07. The summed E-state index contributed by atoms with van der Waals surface area (Å²) in [5, 5.41) is 5.90. The Bertz CT molecular complexity index is 554. The standard InChI is InChI=1S/C13H17N3/c1-9-13-11-6-7-15(2)8-10(11)4-5-12(13)16(3)14-9/h4-5H,6-8H2,1-3H3. The van der Waals surface area contributed by atoms with Crippen LogP contribution in [-0.2, 0) is 20.0 Å². The summed E-state index contributed by atoms with van der Waals surface area (Å²) in [6.45, 7) is 4.33. The maximum absolute atomic E-state index is 4.52. The minimum atomic E-state index is 1.07. The average Bonchev–Trinajstić information content (AvgIpc) is 2.54. The molecule has 0 fully saturated rings. The van der Waals surface area contributed by atoms with Crippen molar-refractivity contribution in [3.63, 3.8) is 0 Å². The van der Waals surface area contributed by atoms with E-state index in [2.05, 4.69) is 36.1 Å². The summed E-state index contributed by atoms with van der Waals surface area (Å²) in [6.07, 6.45) is 1.15. The lowest BCUT2D eigenvalue weighted by Gasteiger charge is -2.25. The van der Waals surface area contributed by atoms with Crippen LogP contribution in [0.2, 0.25) is 0 Å². The van der Waals surface area contributed by atoms with Crippen molar-refractivity contribution in [2.75, 3.05) is 13.6 Å². The van der Waals surface area contributed by atoms with Crippen LogP contribution in [0.15, 0.2) is 12.1 Å². The third-order valence-electron chi connectivity index (χ3n) is 3.58. The van der Waals surface area contributed by atoms with Gasteiger partial charge in [-0.1, -0.05) is 6.07 Å². The molecule has 2 aromatic rings. The molecule has 0 spiro atoms. The molecule has 1 aliphatic heterocycles. The molecule has 0 saturated heterocycles. The summed E-state index contributed by atoms with van der Waals surface area (Å²) in [5.41, 5.74) is 5.42. The van der Waals surface area contributed by atoms with Crippen molar-refractivity contribution in [3.8, 4) is 0 Å². The molecule has 2 heterocycles. The Balaban J connectivity index is 2.31. The van der Waals surface area contributed by atoms with Crippen LogP contribution in [0.5, 0.6) is 0 Å². The van der Waals surface area contributed by atoms with E-state index in [1.165, 1.54) is 27.7 Å². The van der Waals surface area contributed by atoms with E-state index in [1.807, 2.05) is 11.7 Å². The topological polar surface area (TPSA) is 21.1 Å². The highest BCUT2D eigenvalue weighted by Gasteiger charge is 2.18. The quantitative estimate of drug-likeness (QED) is 0.669. The molecular weight excluding hydrogens is 198 g/mol. The normalized spacial score (nSPS) is 16.7. The molecule has 1 aliphatic rings. The van der Waals surface area contributed by atoms with Crippen LogP contribution in [0.3, 0.4) is 0 Å². The summed E-state index contributed by atoms with van der Waals surface area (Å²) < 4.78 is 1.99. The Labute approximate surface area is 95.7 Å². The van der Waals surface area contributed by atoms with Crippen molar-refractivity contribution in [1.29, 1.82) is 0 Å². The van der Waals surface area contributed by atoms with E-state index < -0.39 is 0 Å². The van der Waals surface area contributed by atoms with Crippen LogP contribution in [0, 0.1) is 6.92 Å². The monoisotopic (exact) mass is 215 g/mol. The second-order valence-electron chi connectivity index (χ2n) is 4.79. The Morgan fingerprint density at radius 3 is 2.88 bits per heavy atom. The van der Waals surface area contributed by atoms with Crippen LogP contribution < -0.4 is 0 Å². The Morgan fingerprint density at radius 1 is 1.25 bits per heavy atom. The van der Waals surface area contributed by atoms with Gasteiger partial charge >= 0.3 is 0 Å². The molecule has 0 unspecified atom stereocenters. The molecule has 16 heavy (non-hydrogen) atoms. The third kappa shape index (κ3) is 1.28. The Kier molecular flexibility index (Phi) is 2.04. The number of rotatable bonds is 0. The molecule has 0 bridgehead atoms. The van der Waals surface area contributed by atoms with Crippen molar-refractivity contribution in [3.05, 3.63) is 29.0 Å². The smallest absolute Gasteiger partial charge is 0.0684 e. The third-order valence-corrected chi connectivity index (χ3v) is 3.58. The van der Waals surface area contributed by atoms with E-state index >= 15 is 0 Å². The van der Waals surface area contributed by atoms with Crippen molar-refractivity contribution in [2.24, 2.45) is 7.05 Å². The number of hydrogen-bond donors (Lipinski definition) is 0. The number of aromatic nitrogens is 2. The highest BCUT2D eigenvalue weighted by atomic mass is 15.3. The van der Waals surface area contributed by atoms with Gasteiger partial charge in [-0.05, 0) is 37.6 Å². The lowest BCUT2D eigenvalue weighted by Crippen LogP contribution is -2.26. The zero-order chi connectivity index (χ0) is 11.3. The predicted molar refractivity (Wildman–Crippen MR) is 65.5 cm³/mol. The van der Waals surface area contributed by atoms with Gasteiger partial charge in [0.1, 0.15) is 0 Å². The maximum Gasteiger partial charge on any atom is 0.0684 e. The molecule has 0 saturated carbocycles. The molecule has 0 radical (unpaired) electrons. The first-order chi connectivity index (χ1) is 7.66. The van der Waals surface area contributed by atoms with E-state index in [-0.39, 0.29) is 0 Å². The van der Waals surface area contributed by atoms with E-state index in [0.29, 0.717) is 0 Å². The second kappa shape index (κ2) is 3.32. The predicted octanol–water partition coefficient (Wildman–Crippen LogP) is 1.87. The van der Waals surface area contributed by atoms with Crippen molar-refractivity contribution < 1.29 is 0 Å². The first-order valence-corrected chi connectivity index (χ1v) is 5.79. The van der Waals surface area contributed by atoms with Gasteiger partial charge < -0.3 is 4.90 Å². The number of aryl methyl sites for hydroxylation is 2. The fraction of sp³-hybridized carbons (Fsp3) is 0.462. The number of fused-ring (bicyclic) bond motifs is 3. The van der Waals surface area contributed by atoms with Crippen molar-refractivity contribution in [1.82, 2.24) is 14.7 Å². The fourth-order valence-corrected chi connectivity index (χ4v) is 2.79. The zero-order valence-electron chi connectivity index (χ0n) is 10.1. The number of hydrogen-bond acceptors (Lipinski definition) is 2. The van der Waals surface area contributed by atoms with E-state index in [1.54, 1.807) is 0 Å². The molecule has 0 aliphatic carbocycles. The van der Waals surface area contributed by atoms with Gasteiger partial charge in [0.05, 0.1) is 11.2 Å². The van der Waals surface area contributed by atoms with E-state index in [9.17, 15) is 0 Å². The lowest BCUT2D eigenvalue weighted by atomic mass is 9.95. The van der Waals surface area contributed by atoms with Crippen molar-refractivity contribution in [2.45, 2.75) is 19.9 Å². The van der Waals surface area contributed by atoms with Crippen LogP contribution in [0.25, 0.3) is 10.9 Å². The number of nitrogens with zero attached hydrogens (tertiary/aromatic N) is 3. The highest BCUT2D eigenvalue weighted by molar-refractivity contribution is 5.86. The van der Waals surface area contributed by atoms with Gasteiger partial charge in [0.25, 0.3) is 0 Å². The molecule has 0 N–H and O–H groups in total. The van der Waals surface area contributed by atoms with Gasteiger partial charge in [-0.3, -0.25) is 4.68 Å². The van der Waals surface area contributed by atoms with Gasteiger partial charge in [-0.2, -0.15) is 5.10 Å². The van der Waals surface area contributed by atoms with E-state index in [0.717, 1.165) is 19.5 Å². The van der Waals surface area contributed by atoms with Gasteiger partial charge in [0.2, 0.25) is 0 Å². The molecule has 0 amide bonds.